The predicted octanol–water partition coefficient (Wildman–Crippen LogP) is 4.15. The molecule has 0 aromatic heterocycles. The molecular weight excluding hydrogens is 299 g/mol. The summed E-state index contributed by atoms with van der Waals surface area (Å²) in [5, 5.41) is 14.7. The molecule has 104 valence electrons. The third-order valence-corrected chi connectivity index (χ3v) is 3.22. The Morgan fingerprint density at radius 2 is 1.85 bits per heavy atom. The molecule has 0 atom stereocenters. The van der Waals surface area contributed by atoms with Crippen LogP contribution < -0.4 is 10.2 Å². The minimum atomic E-state index is -0.107. The van der Waals surface area contributed by atoms with Crippen LogP contribution in [-0.2, 0) is 0 Å². The highest BCUT2D eigenvalue weighted by molar-refractivity contribution is 6.34. The number of phenols is 1. The summed E-state index contributed by atoms with van der Waals surface area (Å²) in [5.74, 6) is 0.211. The van der Waals surface area contributed by atoms with Crippen molar-refractivity contribution in [1.29, 1.82) is 0 Å². The zero-order valence-electron chi connectivity index (χ0n) is 10.6. The second-order valence-corrected chi connectivity index (χ2v) is 4.71. The molecule has 0 unspecified atom stereocenters. The van der Waals surface area contributed by atoms with Crippen LogP contribution in [0.2, 0.25) is 10.0 Å². The van der Waals surface area contributed by atoms with E-state index in [4.69, 9.17) is 27.9 Å². The van der Waals surface area contributed by atoms with Crippen molar-refractivity contribution in [3.05, 3.63) is 52.0 Å². The Morgan fingerprint density at radius 1 is 1.15 bits per heavy atom. The average molecular weight is 311 g/mol. The number of hydrogen-bond acceptors (Lipinski definition) is 4. The van der Waals surface area contributed by atoms with Gasteiger partial charge in [0.2, 0.25) is 0 Å². The summed E-state index contributed by atoms with van der Waals surface area (Å²) in [6, 6.07) is 10.4. The number of rotatable bonds is 4. The largest absolute Gasteiger partial charge is 0.503 e. The van der Waals surface area contributed by atoms with Gasteiger partial charge in [-0.15, -0.1) is 0 Å². The summed E-state index contributed by atoms with van der Waals surface area (Å²) in [5.41, 5.74) is 4.20. The maximum absolute atomic E-state index is 9.77. The molecule has 0 aliphatic rings. The predicted molar refractivity (Wildman–Crippen MR) is 82.3 cm³/mol. The normalized spacial score (nSPS) is 10.8. The van der Waals surface area contributed by atoms with Crippen molar-refractivity contribution in [3.8, 4) is 11.5 Å². The molecule has 0 heterocycles. The van der Waals surface area contributed by atoms with Crippen LogP contribution in [0, 0.1) is 0 Å². The lowest BCUT2D eigenvalue weighted by atomic mass is 10.2. The fourth-order valence-electron chi connectivity index (χ4n) is 1.53. The molecule has 2 rings (SSSR count). The number of phenolic OH excluding ortho intramolecular Hbond substituents is 1. The van der Waals surface area contributed by atoms with Gasteiger partial charge in [0.05, 0.1) is 24.0 Å². The molecule has 0 radical (unpaired) electrons. The van der Waals surface area contributed by atoms with E-state index < -0.39 is 0 Å². The lowest BCUT2D eigenvalue weighted by Crippen LogP contribution is -1.92. The Labute approximate surface area is 126 Å². The molecule has 0 fully saturated rings. The van der Waals surface area contributed by atoms with E-state index in [9.17, 15) is 5.11 Å². The number of benzene rings is 2. The van der Waals surface area contributed by atoms with E-state index in [1.807, 2.05) is 0 Å². The standard InChI is InChI=1S/C14H12Cl2N2O2/c1-20-12-7-2-9(13(16)14(12)19)8-17-18-11-5-3-10(15)4-6-11/h2-8,18-19H,1H3. The van der Waals surface area contributed by atoms with Gasteiger partial charge in [-0.25, -0.2) is 0 Å². The van der Waals surface area contributed by atoms with Crippen molar-refractivity contribution in [1.82, 2.24) is 0 Å². The SMILES string of the molecule is COc1ccc(C=NNc2ccc(Cl)cc2)c(Cl)c1O. The van der Waals surface area contributed by atoms with Crippen molar-refractivity contribution < 1.29 is 9.84 Å². The topological polar surface area (TPSA) is 53.8 Å². The Kier molecular flexibility index (Phi) is 4.71. The van der Waals surface area contributed by atoms with Crippen LogP contribution in [0.3, 0.4) is 0 Å². The van der Waals surface area contributed by atoms with Gasteiger partial charge in [-0.2, -0.15) is 5.10 Å². The van der Waals surface area contributed by atoms with Crippen molar-refractivity contribution in [2.45, 2.75) is 0 Å². The van der Waals surface area contributed by atoms with Gasteiger partial charge in [0, 0.05) is 10.6 Å². The highest BCUT2D eigenvalue weighted by Gasteiger charge is 2.09. The minimum absolute atomic E-state index is 0.107. The summed E-state index contributed by atoms with van der Waals surface area (Å²) in [6.07, 6.45) is 1.51. The van der Waals surface area contributed by atoms with Crippen molar-refractivity contribution in [2.24, 2.45) is 5.10 Å². The molecule has 0 spiro atoms. The quantitative estimate of drug-likeness (QED) is 0.658. The van der Waals surface area contributed by atoms with Gasteiger partial charge >= 0.3 is 0 Å². The number of aromatic hydroxyl groups is 1. The number of hydrogen-bond donors (Lipinski definition) is 2. The van der Waals surface area contributed by atoms with Crippen LogP contribution in [0.5, 0.6) is 11.5 Å². The van der Waals surface area contributed by atoms with E-state index in [1.54, 1.807) is 36.4 Å². The average Bonchev–Trinajstić information content (AvgIpc) is 2.46. The molecule has 2 aromatic carbocycles. The van der Waals surface area contributed by atoms with Crippen LogP contribution >= 0.6 is 23.2 Å². The Balaban J connectivity index is 2.12. The van der Waals surface area contributed by atoms with Crippen molar-refractivity contribution >= 4 is 35.1 Å². The highest BCUT2D eigenvalue weighted by Crippen LogP contribution is 2.35. The zero-order valence-corrected chi connectivity index (χ0v) is 12.1. The number of nitrogens with zero attached hydrogens (tertiary/aromatic N) is 1. The second-order valence-electron chi connectivity index (χ2n) is 3.90. The van der Waals surface area contributed by atoms with Gasteiger partial charge < -0.3 is 9.84 Å². The number of anilines is 1. The molecule has 0 aliphatic carbocycles. The van der Waals surface area contributed by atoms with E-state index >= 15 is 0 Å². The fourth-order valence-corrected chi connectivity index (χ4v) is 1.86. The molecular formula is C14H12Cl2N2O2. The monoisotopic (exact) mass is 310 g/mol. The maximum atomic E-state index is 9.77. The van der Waals surface area contributed by atoms with E-state index in [0.29, 0.717) is 16.3 Å². The summed E-state index contributed by atoms with van der Waals surface area (Å²) in [7, 11) is 1.46. The first-order chi connectivity index (χ1) is 9.61. The minimum Gasteiger partial charge on any atom is -0.503 e. The first kappa shape index (κ1) is 14.5. The molecule has 6 heteroatoms. The lowest BCUT2D eigenvalue weighted by Gasteiger charge is -2.06. The number of halogens is 2. The zero-order chi connectivity index (χ0) is 14.5. The number of nitrogens with one attached hydrogen (secondary N) is 1. The van der Waals surface area contributed by atoms with Crippen LogP contribution in [0.4, 0.5) is 5.69 Å². The van der Waals surface area contributed by atoms with Gasteiger partial charge in [-0.05, 0) is 36.4 Å². The third kappa shape index (κ3) is 3.35. The maximum Gasteiger partial charge on any atom is 0.177 e. The molecule has 0 bridgehead atoms. The molecule has 0 aliphatic heterocycles. The number of methoxy groups -OCH3 is 1. The van der Waals surface area contributed by atoms with Gasteiger partial charge in [0.1, 0.15) is 0 Å². The molecule has 2 aromatic rings. The molecule has 0 amide bonds. The molecule has 4 nitrogen and oxygen atoms in total. The summed E-state index contributed by atoms with van der Waals surface area (Å²) in [4.78, 5) is 0. The second kappa shape index (κ2) is 6.50. The van der Waals surface area contributed by atoms with Crippen molar-refractivity contribution in [2.75, 3.05) is 12.5 Å². The molecule has 20 heavy (non-hydrogen) atoms. The molecule has 0 saturated carbocycles. The summed E-state index contributed by atoms with van der Waals surface area (Å²) >= 11 is 11.8. The lowest BCUT2D eigenvalue weighted by molar-refractivity contribution is 0.373. The van der Waals surface area contributed by atoms with Crippen LogP contribution in [-0.4, -0.2) is 18.4 Å². The molecule has 2 N–H and O–H groups in total. The van der Waals surface area contributed by atoms with Crippen LogP contribution in [0.1, 0.15) is 5.56 Å². The third-order valence-electron chi connectivity index (χ3n) is 2.57. The first-order valence-electron chi connectivity index (χ1n) is 5.72. The fraction of sp³-hybridized carbons (Fsp3) is 0.0714. The highest BCUT2D eigenvalue weighted by atomic mass is 35.5. The Hall–Kier alpha value is -1.91. The van der Waals surface area contributed by atoms with Gasteiger partial charge in [-0.3, -0.25) is 5.43 Å². The van der Waals surface area contributed by atoms with E-state index in [-0.39, 0.29) is 10.8 Å². The van der Waals surface area contributed by atoms with E-state index in [0.717, 1.165) is 5.69 Å². The summed E-state index contributed by atoms with van der Waals surface area (Å²) < 4.78 is 4.96. The Bertz CT molecular complexity index is 628. The van der Waals surface area contributed by atoms with Crippen LogP contribution in [0.25, 0.3) is 0 Å². The smallest absolute Gasteiger partial charge is 0.177 e. The Morgan fingerprint density at radius 3 is 2.50 bits per heavy atom. The van der Waals surface area contributed by atoms with Crippen molar-refractivity contribution in [3.63, 3.8) is 0 Å². The van der Waals surface area contributed by atoms with E-state index in [2.05, 4.69) is 10.5 Å². The number of ether oxygens (including phenoxy) is 1. The number of hydrazone groups is 1. The first-order valence-corrected chi connectivity index (χ1v) is 6.47. The molecule has 0 saturated heterocycles. The van der Waals surface area contributed by atoms with Crippen LogP contribution in [0.15, 0.2) is 41.5 Å². The summed E-state index contributed by atoms with van der Waals surface area (Å²) in [6.45, 7) is 0. The van der Waals surface area contributed by atoms with Gasteiger partial charge in [0.25, 0.3) is 0 Å². The van der Waals surface area contributed by atoms with Gasteiger partial charge in [-0.1, -0.05) is 23.2 Å². The van der Waals surface area contributed by atoms with Gasteiger partial charge in [0.15, 0.2) is 11.5 Å². The van der Waals surface area contributed by atoms with E-state index in [1.165, 1.54) is 13.3 Å².